The number of hydrogen-bond acceptors (Lipinski definition) is 3. The largest absolute Gasteiger partial charge is 0.490 e. The van der Waals surface area contributed by atoms with E-state index in [-0.39, 0.29) is 18.0 Å². The van der Waals surface area contributed by atoms with Crippen LogP contribution in [0.15, 0.2) is 54.6 Å². The molecule has 0 fully saturated rings. The number of ether oxygens (including phenoxy) is 2. The summed E-state index contributed by atoms with van der Waals surface area (Å²) in [4.78, 5) is 0. The Morgan fingerprint density at radius 1 is 0.867 bits per heavy atom. The molecule has 1 N–H and O–H groups in total. The minimum atomic E-state index is -0.437. The van der Waals surface area contributed by atoms with Crippen molar-refractivity contribution in [3.63, 3.8) is 0 Å². The molecule has 0 bridgehead atoms. The van der Waals surface area contributed by atoms with E-state index in [9.17, 15) is 8.78 Å². The van der Waals surface area contributed by atoms with E-state index in [4.69, 9.17) is 32.7 Å². The summed E-state index contributed by atoms with van der Waals surface area (Å²) in [6.07, 6.45) is 0. The molecule has 0 spiro atoms. The maximum Gasteiger partial charge on any atom is 0.163 e. The van der Waals surface area contributed by atoms with Gasteiger partial charge < -0.3 is 14.8 Å². The molecule has 0 unspecified atom stereocenters. The van der Waals surface area contributed by atoms with Crippen molar-refractivity contribution < 1.29 is 18.3 Å². The lowest BCUT2D eigenvalue weighted by Gasteiger charge is -2.16. The maximum atomic E-state index is 14.0. The van der Waals surface area contributed by atoms with Crippen molar-refractivity contribution in [2.24, 2.45) is 0 Å². The Kier molecular flexibility index (Phi) is 7.91. The summed E-state index contributed by atoms with van der Waals surface area (Å²) in [5.41, 5.74) is 2.04. The number of benzene rings is 3. The van der Waals surface area contributed by atoms with Gasteiger partial charge in [-0.1, -0.05) is 41.4 Å². The summed E-state index contributed by atoms with van der Waals surface area (Å²) in [5.74, 6) is 0.208. The predicted octanol–water partition coefficient (Wildman–Crippen LogP) is 6.54. The summed E-state index contributed by atoms with van der Waals surface area (Å²) in [7, 11) is 0. The third-order valence-corrected chi connectivity index (χ3v) is 5.11. The molecule has 7 heteroatoms. The van der Waals surface area contributed by atoms with Crippen LogP contribution in [0.5, 0.6) is 11.5 Å². The SMILES string of the molecule is CCOc1cc(CNCc2ccc(F)cc2)c(Cl)cc1OCc1c(F)cccc1Cl. The smallest absolute Gasteiger partial charge is 0.163 e. The minimum Gasteiger partial charge on any atom is -0.490 e. The van der Waals surface area contributed by atoms with Crippen LogP contribution < -0.4 is 14.8 Å². The molecule has 0 atom stereocenters. The Labute approximate surface area is 184 Å². The average molecular weight is 452 g/mol. The fraction of sp³-hybridized carbons (Fsp3) is 0.217. The number of halogens is 4. The third-order valence-electron chi connectivity index (χ3n) is 4.40. The van der Waals surface area contributed by atoms with Gasteiger partial charge in [0, 0.05) is 29.7 Å². The van der Waals surface area contributed by atoms with Crippen LogP contribution in [0.4, 0.5) is 8.78 Å². The lowest BCUT2D eigenvalue weighted by molar-refractivity contribution is 0.265. The molecule has 0 aromatic heterocycles. The van der Waals surface area contributed by atoms with Gasteiger partial charge in [-0.05, 0) is 48.4 Å². The van der Waals surface area contributed by atoms with Gasteiger partial charge >= 0.3 is 0 Å². The van der Waals surface area contributed by atoms with E-state index in [0.717, 1.165) is 11.1 Å². The molecular formula is C23H21Cl2F2NO2. The van der Waals surface area contributed by atoms with Crippen molar-refractivity contribution >= 4 is 23.2 Å². The summed E-state index contributed by atoms with van der Waals surface area (Å²) in [6, 6.07) is 14.2. The van der Waals surface area contributed by atoms with Crippen LogP contribution in [0.3, 0.4) is 0 Å². The van der Waals surface area contributed by atoms with Crippen molar-refractivity contribution in [2.75, 3.05) is 6.61 Å². The first-order chi connectivity index (χ1) is 14.5. The van der Waals surface area contributed by atoms with Crippen molar-refractivity contribution in [1.29, 1.82) is 0 Å². The van der Waals surface area contributed by atoms with Gasteiger partial charge in [-0.2, -0.15) is 0 Å². The third kappa shape index (κ3) is 5.85. The molecule has 0 saturated heterocycles. The van der Waals surface area contributed by atoms with Gasteiger partial charge in [-0.15, -0.1) is 0 Å². The first-order valence-electron chi connectivity index (χ1n) is 9.44. The van der Waals surface area contributed by atoms with Gasteiger partial charge in [0.25, 0.3) is 0 Å². The van der Waals surface area contributed by atoms with E-state index < -0.39 is 5.82 Å². The van der Waals surface area contributed by atoms with Crippen molar-refractivity contribution in [2.45, 2.75) is 26.6 Å². The van der Waals surface area contributed by atoms with Crippen LogP contribution in [0.2, 0.25) is 10.0 Å². The van der Waals surface area contributed by atoms with Gasteiger partial charge in [0.2, 0.25) is 0 Å². The highest BCUT2D eigenvalue weighted by atomic mass is 35.5. The quantitative estimate of drug-likeness (QED) is 0.400. The van der Waals surface area contributed by atoms with Crippen LogP contribution in [-0.2, 0) is 19.7 Å². The summed E-state index contributed by atoms with van der Waals surface area (Å²) in [5, 5.41) is 4.05. The Morgan fingerprint density at radius 2 is 1.60 bits per heavy atom. The van der Waals surface area contributed by atoms with E-state index in [0.29, 0.717) is 41.2 Å². The van der Waals surface area contributed by atoms with Crippen molar-refractivity contribution in [3.05, 3.63) is 93.0 Å². The second kappa shape index (κ2) is 10.6. The van der Waals surface area contributed by atoms with Crippen LogP contribution >= 0.6 is 23.2 Å². The fourth-order valence-electron chi connectivity index (χ4n) is 2.86. The Hall–Kier alpha value is -2.34. The normalized spacial score (nSPS) is 10.8. The van der Waals surface area contributed by atoms with Crippen molar-refractivity contribution in [3.8, 4) is 11.5 Å². The van der Waals surface area contributed by atoms with Gasteiger partial charge in [-0.3, -0.25) is 0 Å². The summed E-state index contributed by atoms with van der Waals surface area (Å²) in [6.45, 7) is 3.28. The highest BCUT2D eigenvalue weighted by molar-refractivity contribution is 6.31. The summed E-state index contributed by atoms with van der Waals surface area (Å²) < 4.78 is 38.4. The number of rotatable bonds is 9. The molecule has 0 aliphatic carbocycles. The molecule has 0 radical (unpaired) electrons. The van der Waals surface area contributed by atoms with E-state index in [1.807, 2.05) is 6.92 Å². The van der Waals surface area contributed by atoms with Gasteiger partial charge in [-0.25, -0.2) is 8.78 Å². The zero-order chi connectivity index (χ0) is 21.5. The zero-order valence-corrected chi connectivity index (χ0v) is 17.9. The monoisotopic (exact) mass is 451 g/mol. The molecule has 0 saturated carbocycles. The van der Waals surface area contributed by atoms with Crippen LogP contribution in [0.25, 0.3) is 0 Å². The maximum absolute atomic E-state index is 14.0. The lowest BCUT2D eigenvalue weighted by Crippen LogP contribution is -2.13. The predicted molar refractivity (Wildman–Crippen MR) is 115 cm³/mol. The Bertz CT molecular complexity index is 977. The minimum absolute atomic E-state index is 0.0515. The van der Waals surface area contributed by atoms with Crippen LogP contribution in [-0.4, -0.2) is 6.61 Å². The number of hydrogen-bond donors (Lipinski definition) is 1. The standard InChI is InChI=1S/C23H21Cl2F2NO2/c1-2-29-22-10-16(13-28-12-15-6-8-17(26)9-7-15)20(25)11-23(22)30-14-18-19(24)4-3-5-21(18)27/h3-11,28H,2,12-14H2,1H3. The fourth-order valence-corrected chi connectivity index (χ4v) is 3.30. The molecule has 0 heterocycles. The molecule has 0 aliphatic heterocycles. The second-order valence-electron chi connectivity index (χ2n) is 6.54. The molecule has 158 valence electrons. The van der Waals surface area contributed by atoms with E-state index in [1.54, 1.807) is 30.3 Å². The van der Waals surface area contributed by atoms with E-state index in [1.165, 1.54) is 24.3 Å². The lowest BCUT2D eigenvalue weighted by atomic mass is 10.1. The van der Waals surface area contributed by atoms with Crippen molar-refractivity contribution in [1.82, 2.24) is 5.32 Å². The molecule has 3 aromatic carbocycles. The highest BCUT2D eigenvalue weighted by Gasteiger charge is 2.14. The molecular weight excluding hydrogens is 431 g/mol. The van der Waals surface area contributed by atoms with Crippen LogP contribution in [0, 0.1) is 11.6 Å². The van der Waals surface area contributed by atoms with Crippen LogP contribution in [0.1, 0.15) is 23.6 Å². The molecule has 30 heavy (non-hydrogen) atoms. The summed E-state index contributed by atoms with van der Waals surface area (Å²) >= 11 is 12.5. The second-order valence-corrected chi connectivity index (χ2v) is 7.36. The van der Waals surface area contributed by atoms with Gasteiger partial charge in [0.1, 0.15) is 18.2 Å². The molecule has 3 rings (SSSR count). The molecule has 3 nitrogen and oxygen atoms in total. The zero-order valence-electron chi connectivity index (χ0n) is 16.4. The van der Waals surface area contributed by atoms with Gasteiger partial charge in [0.05, 0.1) is 11.6 Å². The Morgan fingerprint density at radius 3 is 2.30 bits per heavy atom. The number of nitrogens with one attached hydrogen (secondary N) is 1. The topological polar surface area (TPSA) is 30.5 Å². The molecule has 0 amide bonds. The first kappa shape index (κ1) is 22.3. The molecule has 3 aromatic rings. The van der Waals surface area contributed by atoms with E-state index >= 15 is 0 Å². The van der Waals surface area contributed by atoms with E-state index in [2.05, 4.69) is 5.32 Å². The average Bonchev–Trinajstić information content (AvgIpc) is 2.72. The highest BCUT2D eigenvalue weighted by Crippen LogP contribution is 2.35. The first-order valence-corrected chi connectivity index (χ1v) is 10.2. The Balaban J connectivity index is 1.70. The van der Waals surface area contributed by atoms with Gasteiger partial charge in [0.15, 0.2) is 11.5 Å². The molecule has 0 aliphatic rings.